The summed E-state index contributed by atoms with van der Waals surface area (Å²) in [5.74, 6) is -0.0448. The molecule has 0 aliphatic rings. The van der Waals surface area contributed by atoms with Gasteiger partial charge in [-0.2, -0.15) is 0 Å². The molecule has 4 nitrogen and oxygen atoms in total. The van der Waals surface area contributed by atoms with Crippen molar-refractivity contribution in [3.63, 3.8) is 0 Å². The predicted octanol–water partition coefficient (Wildman–Crippen LogP) is 5.59. The fourth-order valence-corrected chi connectivity index (χ4v) is 3.19. The zero-order valence-corrected chi connectivity index (χ0v) is 16.5. The van der Waals surface area contributed by atoms with Gasteiger partial charge in [-0.15, -0.1) is 0 Å². The molecule has 0 aliphatic heterocycles. The summed E-state index contributed by atoms with van der Waals surface area (Å²) in [4.78, 5) is 17.4. The van der Waals surface area contributed by atoms with Crippen molar-refractivity contribution in [2.45, 2.75) is 6.92 Å². The average Bonchev–Trinajstić information content (AvgIpc) is 2.76. The molecule has 0 fully saturated rings. The maximum atomic E-state index is 13.3. The van der Waals surface area contributed by atoms with Crippen molar-refractivity contribution in [1.29, 1.82) is 0 Å². The fourth-order valence-electron chi connectivity index (χ4n) is 3.19. The molecule has 0 atom stereocenters. The van der Waals surface area contributed by atoms with Crippen LogP contribution in [0.25, 0.3) is 22.2 Å². The van der Waals surface area contributed by atoms with Gasteiger partial charge >= 0.3 is 5.97 Å². The van der Waals surface area contributed by atoms with E-state index >= 15 is 0 Å². The second-order valence-corrected chi connectivity index (χ2v) is 6.88. The second kappa shape index (κ2) is 8.74. The molecule has 4 aromatic rings. The quantitative estimate of drug-likeness (QED) is 0.312. The highest BCUT2D eigenvalue weighted by molar-refractivity contribution is 6.04. The number of esters is 1. The van der Waals surface area contributed by atoms with Crippen LogP contribution < -0.4 is 4.74 Å². The van der Waals surface area contributed by atoms with E-state index in [1.165, 1.54) is 12.1 Å². The molecule has 0 N–H and O–H groups in total. The van der Waals surface area contributed by atoms with Gasteiger partial charge in [-0.3, -0.25) is 0 Å². The second-order valence-electron chi connectivity index (χ2n) is 6.88. The number of hydrogen-bond acceptors (Lipinski definition) is 4. The van der Waals surface area contributed by atoms with E-state index in [9.17, 15) is 9.18 Å². The highest BCUT2D eigenvalue weighted by atomic mass is 19.1. The van der Waals surface area contributed by atoms with Gasteiger partial charge in [0.2, 0.25) is 0 Å². The molecular formula is C25H20FNO3. The Morgan fingerprint density at radius 1 is 0.933 bits per heavy atom. The van der Waals surface area contributed by atoms with Crippen molar-refractivity contribution < 1.29 is 18.7 Å². The molecule has 0 saturated carbocycles. The number of carbonyl (C=O) groups excluding carboxylic acids is 1. The van der Waals surface area contributed by atoms with Gasteiger partial charge in [0.15, 0.2) is 0 Å². The highest BCUT2D eigenvalue weighted by Gasteiger charge is 2.15. The van der Waals surface area contributed by atoms with Gasteiger partial charge in [-0.1, -0.05) is 30.3 Å². The average molecular weight is 401 g/mol. The molecule has 1 heterocycles. The van der Waals surface area contributed by atoms with Crippen molar-refractivity contribution in [2.75, 3.05) is 13.2 Å². The highest BCUT2D eigenvalue weighted by Crippen LogP contribution is 2.25. The molecule has 0 saturated heterocycles. The lowest BCUT2D eigenvalue weighted by atomic mass is 10.0. The molecule has 0 bridgehead atoms. The number of pyridine rings is 1. The van der Waals surface area contributed by atoms with Gasteiger partial charge in [0, 0.05) is 10.9 Å². The monoisotopic (exact) mass is 401 g/mol. The minimum atomic E-state index is -0.454. The summed E-state index contributed by atoms with van der Waals surface area (Å²) >= 11 is 0. The summed E-state index contributed by atoms with van der Waals surface area (Å²) in [5.41, 5.74) is 3.48. The summed E-state index contributed by atoms with van der Waals surface area (Å²) < 4.78 is 24.4. The smallest absolute Gasteiger partial charge is 0.339 e. The van der Waals surface area contributed by atoms with Crippen LogP contribution >= 0.6 is 0 Å². The largest absolute Gasteiger partial charge is 0.490 e. The summed E-state index contributed by atoms with van der Waals surface area (Å²) in [6, 6.07) is 22.7. The molecule has 150 valence electrons. The van der Waals surface area contributed by atoms with E-state index in [4.69, 9.17) is 9.47 Å². The van der Waals surface area contributed by atoms with E-state index in [-0.39, 0.29) is 19.0 Å². The summed E-state index contributed by atoms with van der Waals surface area (Å²) in [6.07, 6.45) is 0. The van der Waals surface area contributed by atoms with Crippen LogP contribution in [0.4, 0.5) is 4.39 Å². The van der Waals surface area contributed by atoms with E-state index in [1.807, 2.05) is 55.5 Å². The number of carbonyl (C=O) groups is 1. The number of aryl methyl sites for hydroxylation is 1. The van der Waals surface area contributed by atoms with Crippen molar-refractivity contribution >= 4 is 16.9 Å². The van der Waals surface area contributed by atoms with Gasteiger partial charge in [-0.05, 0) is 61.0 Å². The Hall–Kier alpha value is -3.73. The molecule has 0 amide bonds. The van der Waals surface area contributed by atoms with Gasteiger partial charge in [0.25, 0.3) is 0 Å². The van der Waals surface area contributed by atoms with Crippen molar-refractivity contribution in [3.05, 3.63) is 95.8 Å². The van der Waals surface area contributed by atoms with Crippen LogP contribution in [0.1, 0.15) is 15.9 Å². The first kappa shape index (κ1) is 19.6. The van der Waals surface area contributed by atoms with E-state index in [2.05, 4.69) is 4.98 Å². The Morgan fingerprint density at radius 3 is 2.53 bits per heavy atom. The third-order valence-corrected chi connectivity index (χ3v) is 4.65. The molecule has 30 heavy (non-hydrogen) atoms. The minimum absolute atomic E-state index is 0.120. The van der Waals surface area contributed by atoms with E-state index in [0.29, 0.717) is 22.2 Å². The SMILES string of the molecule is Cc1cccc(OCCOC(=O)c2cc(-c3ccc(F)cc3)nc3ccccc23)c1. The Balaban J connectivity index is 1.53. The third kappa shape index (κ3) is 4.46. The molecule has 0 unspecified atom stereocenters. The zero-order chi connectivity index (χ0) is 20.9. The third-order valence-electron chi connectivity index (χ3n) is 4.65. The van der Waals surface area contributed by atoms with Crippen LogP contribution in [0.3, 0.4) is 0 Å². The maximum absolute atomic E-state index is 13.3. The molecule has 3 aromatic carbocycles. The van der Waals surface area contributed by atoms with E-state index in [1.54, 1.807) is 18.2 Å². The Bertz CT molecular complexity index is 1190. The van der Waals surface area contributed by atoms with Gasteiger partial charge in [-0.25, -0.2) is 14.2 Å². The summed E-state index contributed by atoms with van der Waals surface area (Å²) in [5, 5.41) is 0.702. The fraction of sp³-hybridized carbons (Fsp3) is 0.120. The maximum Gasteiger partial charge on any atom is 0.339 e. The molecule has 0 aliphatic carbocycles. The van der Waals surface area contributed by atoms with E-state index in [0.717, 1.165) is 16.9 Å². The predicted molar refractivity (Wildman–Crippen MR) is 114 cm³/mol. The Morgan fingerprint density at radius 2 is 1.73 bits per heavy atom. The number of nitrogens with zero attached hydrogens (tertiary/aromatic N) is 1. The van der Waals surface area contributed by atoms with Gasteiger partial charge in [0.05, 0.1) is 16.8 Å². The van der Waals surface area contributed by atoms with Crippen LogP contribution in [0.5, 0.6) is 5.75 Å². The molecule has 1 aromatic heterocycles. The summed E-state index contributed by atoms with van der Waals surface area (Å²) in [6.45, 7) is 2.36. The molecular weight excluding hydrogens is 381 g/mol. The first-order chi connectivity index (χ1) is 14.6. The van der Waals surface area contributed by atoms with Crippen LogP contribution in [-0.2, 0) is 4.74 Å². The number of hydrogen-bond donors (Lipinski definition) is 0. The van der Waals surface area contributed by atoms with Gasteiger partial charge in [0.1, 0.15) is 24.8 Å². The van der Waals surface area contributed by atoms with Gasteiger partial charge < -0.3 is 9.47 Å². The number of halogens is 1. The van der Waals surface area contributed by atoms with Crippen LogP contribution in [-0.4, -0.2) is 24.2 Å². The molecule has 0 radical (unpaired) electrons. The number of aromatic nitrogens is 1. The molecule has 0 spiro atoms. The number of ether oxygens (including phenoxy) is 2. The Labute approximate surface area is 173 Å². The lowest BCUT2D eigenvalue weighted by Crippen LogP contribution is -2.13. The van der Waals surface area contributed by atoms with Crippen LogP contribution in [0.15, 0.2) is 78.9 Å². The molecule has 5 heteroatoms. The number of rotatable bonds is 6. The first-order valence-corrected chi connectivity index (χ1v) is 9.62. The summed E-state index contributed by atoms with van der Waals surface area (Å²) in [7, 11) is 0. The van der Waals surface area contributed by atoms with Crippen molar-refractivity contribution in [1.82, 2.24) is 4.98 Å². The first-order valence-electron chi connectivity index (χ1n) is 9.62. The topological polar surface area (TPSA) is 48.4 Å². The lowest BCUT2D eigenvalue weighted by Gasteiger charge is -2.11. The van der Waals surface area contributed by atoms with Crippen molar-refractivity contribution in [2.24, 2.45) is 0 Å². The van der Waals surface area contributed by atoms with Crippen LogP contribution in [0, 0.1) is 12.7 Å². The normalized spacial score (nSPS) is 10.7. The zero-order valence-electron chi connectivity index (χ0n) is 16.5. The minimum Gasteiger partial charge on any atom is -0.490 e. The number of para-hydroxylation sites is 1. The lowest BCUT2D eigenvalue weighted by molar-refractivity contribution is 0.0452. The molecule has 4 rings (SSSR count). The number of fused-ring (bicyclic) bond motifs is 1. The standard InChI is InChI=1S/C25H20FNO3/c1-17-5-4-6-20(15-17)29-13-14-30-25(28)22-16-24(18-9-11-19(26)12-10-18)27-23-8-3-2-7-21(22)23/h2-12,15-16H,13-14H2,1H3. The van der Waals surface area contributed by atoms with E-state index < -0.39 is 5.97 Å². The van der Waals surface area contributed by atoms with Crippen molar-refractivity contribution in [3.8, 4) is 17.0 Å². The number of benzene rings is 3. The Kier molecular flexibility index (Phi) is 5.70. The van der Waals surface area contributed by atoms with Crippen LogP contribution in [0.2, 0.25) is 0 Å².